The Balaban J connectivity index is 2.58. The summed E-state index contributed by atoms with van der Waals surface area (Å²) < 4.78 is 5.62. The van der Waals surface area contributed by atoms with Crippen LogP contribution in [-0.2, 0) is 0 Å². The molecule has 0 bridgehead atoms. The number of hydrogen-bond acceptors (Lipinski definition) is 4. The summed E-state index contributed by atoms with van der Waals surface area (Å²) >= 11 is 1.70. The minimum atomic E-state index is 0.142. The Hall–Kier alpha value is -1.39. The third kappa shape index (κ3) is 2.86. The minimum absolute atomic E-state index is 0.142. The van der Waals surface area contributed by atoms with Crippen LogP contribution in [0.1, 0.15) is 40.2 Å². The van der Waals surface area contributed by atoms with Gasteiger partial charge in [-0.15, -0.1) is 11.3 Å². The van der Waals surface area contributed by atoms with Gasteiger partial charge in [-0.25, -0.2) is 4.98 Å². The van der Waals surface area contributed by atoms with Crippen LogP contribution in [0.25, 0.3) is 0 Å². The van der Waals surface area contributed by atoms with Crippen molar-refractivity contribution in [2.24, 2.45) is 0 Å². The Bertz CT molecular complexity index is 592. The summed E-state index contributed by atoms with van der Waals surface area (Å²) in [7, 11) is 1.74. The first-order chi connectivity index (χ1) is 9.58. The maximum atomic E-state index is 5.62. The molecule has 0 aliphatic heterocycles. The van der Waals surface area contributed by atoms with Gasteiger partial charge in [0.05, 0.1) is 24.4 Å². The maximum absolute atomic E-state index is 5.62. The van der Waals surface area contributed by atoms with Gasteiger partial charge in [-0.05, 0) is 44.5 Å². The molecule has 0 fully saturated rings. The van der Waals surface area contributed by atoms with Gasteiger partial charge in [0.1, 0.15) is 5.75 Å². The first-order valence-electron chi connectivity index (χ1n) is 6.87. The summed E-state index contributed by atoms with van der Waals surface area (Å²) in [6.07, 6.45) is 0. The summed E-state index contributed by atoms with van der Waals surface area (Å²) in [6, 6.07) is 4.45. The van der Waals surface area contributed by atoms with Crippen LogP contribution in [0, 0.1) is 20.8 Å². The molecular weight excluding hydrogens is 268 g/mol. The van der Waals surface area contributed by atoms with Gasteiger partial charge in [0.15, 0.2) is 0 Å². The van der Waals surface area contributed by atoms with Crippen LogP contribution in [0.3, 0.4) is 0 Å². The van der Waals surface area contributed by atoms with E-state index in [4.69, 9.17) is 4.74 Å². The highest BCUT2D eigenvalue weighted by Crippen LogP contribution is 2.36. The quantitative estimate of drug-likeness (QED) is 0.910. The van der Waals surface area contributed by atoms with Gasteiger partial charge in [0, 0.05) is 10.4 Å². The van der Waals surface area contributed by atoms with Crippen molar-refractivity contribution in [3.63, 3.8) is 0 Å². The Morgan fingerprint density at radius 3 is 2.60 bits per heavy atom. The minimum Gasteiger partial charge on any atom is -0.496 e. The zero-order chi connectivity index (χ0) is 14.7. The maximum Gasteiger partial charge on any atom is 0.124 e. The summed E-state index contributed by atoms with van der Waals surface area (Å²) in [6.45, 7) is 9.33. The van der Waals surface area contributed by atoms with Gasteiger partial charge in [-0.2, -0.15) is 0 Å². The molecule has 1 N–H and O–H groups in total. The number of aromatic nitrogens is 1. The summed E-state index contributed by atoms with van der Waals surface area (Å²) in [5, 5.41) is 3.57. The number of hydrogen-bond donors (Lipinski definition) is 1. The zero-order valence-corrected chi connectivity index (χ0v) is 13.6. The monoisotopic (exact) mass is 290 g/mol. The third-order valence-electron chi connectivity index (χ3n) is 3.45. The molecule has 0 saturated heterocycles. The van der Waals surface area contributed by atoms with Gasteiger partial charge >= 0.3 is 0 Å². The largest absolute Gasteiger partial charge is 0.496 e. The number of ether oxygens (including phenoxy) is 1. The van der Waals surface area contributed by atoms with Gasteiger partial charge < -0.3 is 10.1 Å². The van der Waals surface area contributed by atoms with E-state index in [1.54, 1.807) is 18.4 Å². The molecule has 0 spiro atoms. The Morgan fingerprint density at radius 1 is 1.30 bits per heavy atom. The van der Waals surface area contributed by atoms with Crippen LogP contribution in [0.2, 0.25) is 0 Å². The molecule has 1 atom stereocenters. The lowest BCUT2D eigenvalue weighted by Gasteiger charge is -2.23. The molecule has 0 saturated carbocycles. The van der Waals surface area contributed by atoms with Gasteiger partial charge in [-0.3, -0.25) is 0 Å². The first-order valence-corrected chi connectivity index (χ1v) is 7.75. The number of thiazole rings is 1. The smallest absolute Gasteiger partial charge is 0.124 e. The number of nitrogens with zero attached hydrogens (tertiary/aromatic N) is 1. The molecule has 0 aliphatic carbocycles. The van der Waals surface area contributed by atoms with Gasteiger partial charge in [-0.1, -0.05) is 13.0 Å². The highest BCUT2D eigenvalue weighted by Gasteiger charge is 2.23. The fraction of sp³-hybridized carbons (Fsp3) is 0.438. The molecule has 3 nitrogen and oxygen atoms in total. The zero-order valence-electron chi connectivity index (χ0n) is 12.8. The number of benzene rings is 1. The first kappa shape index (κ1) is 15.0. The van der Waals surface area contributed by atoms with Crippen LogP contribution in [0.4, 0.5) is 0 Å². The Kier molecular flexibility index (Phi) is 4.78. The molecule has 1 unspecified atom stereocenters. The summed E-state index contributed by atoms with van der Waals surface area (Å²) in [5.74, 6) is 0.946. The molecule has 0 aliphatic rings. The molecule has 4 heteroatoms. The second-order valence-electron chi connectivity index (χ2n) is 4.99. The van der Waals surface area contributed by atoms with E-state index in [-0.39, 0.29) is 6.04 Å². The molecule has 0 amide bonds. The van der Waals surface area contributed by atoms with E-state index in [9.17, 15) is 0 Å². The molecule has 2 rings (SSSR count). The summed E-state index contributed by atoms with van der Waals surface area (Å²) in [4.78, 5) is 5.65. The summed E-state index contributed by atoms with van der Waals surface area (Å²) in [5.41, 5.74) is 6.68. The second kappa shape index (κ2) is 6.37. The normalized spacial score (nSPS) is 12.4. The standard InChI is InChI=1S/C16H22N2OS/c1-6-17-15(16-12(4)18-9-20-16)14-11(3)7-10(2)8-13(14)19-5/h7-9,15,17H,6H2,1-5H3. The molecular formula is C16H22N2OS. The number of aryl methyl sites for hydroxylation is 3. The lowest BCUT2D eigenvalue weighted by molar-refractivity contribution is 0.403. The van der Waals surface area contributed by atoms with Crippen molar-refractivity contribution in [2.75, 3.05) is 13.7 Å². The van der Waals surface area contributed by atoms with Crippen molar-refractivity contribution in [2.45, 2.75) is 33.7 Å². The number of methoxy groups -OCH3 is 1. The van der Waals surface area contributed by atoms with Crippen LogP contribution in [0.15, 0.2) is 17.6 Å². The number of nitrogens with one attached hydrogen (secondary N) is 1. The second-order valence-corrected chi connectivity index (χ2v) is 5.88. The molecule has 1 heterocycles. The predicted octanol–water partition coefficient (Wildman–Crippen LogP) is 3.78. The lowest BCUT2D eigenvalue weighted by Crippen LogP contribution is -2.23. The van der Waals surface area contributed by atoms with Crippen molar-refractivity contribution in [1.29, 1.82) is 0 Å². The van der Waals surface area contributed by atoms with Crippen molar-refractivity contribution >= 4 is 11.3 Å². The molecule has 1 aromatic heterocycles. The molecule has 0 radical (unpaired) electrons. The van der Waals surface area contributed by atoms with E-state index < -0.39 is 0 Å². The SMILES string of the molecule is CCNC(c1scnc1C)c1c(C)cc(C)cc1OC. The average molecular weight is 290 g/mol. The van der Waals surface area contributed by atoms with Gasteiger partial charge in [0.2, 0.25) is 0 Å². The van der Waals surface area contributed by atoms with Crippen molar-refractivity contribution in [3.8, 4) is 5.75 Å². The van der Waals surface area contributed by atoms with E-state index in [2.05, 4.69) is 50.1 Å². The van der Waals surface area contributed by atoms with Crippen LogP contribution in [-0.4, -0.2) is 18.6 Å². The van der Waals surface area contributed by atoms with Crippen LogP contribution >= 0.6 is 11.3 Å². The average Bonchev–Trinajstić information content (AvgIpc) is 2.82. The molecule has 20 heavy (non-hydrogen) atoms. The highest BCUT2D eigenvalue weighted by molar-refractivity contribution is 7.09. The van der Waals surface area contributed by atoms with E-state index in [1.165, 1.54) is 21.6 Å². The van der Waals surface area contributed by atoms with E-state index in [1.807, 2.05) is 5.51 Å². The molecule has 1 aromatic carbocycles. The fourth-order valence-electron chi connectivity index (χ4n) is 2.60. The Morgan fingerprint density at radius 2 is 2.05 bits per heavy atom. The topological polar surface area (TPSA) is 34.2 Å². The van der Waals surface area contributed by atoms with Crippen LogP contribution in [0.5, 0.6) is 5.75 Å². The van der Waals surface area contributed by atoms with Crippen molar-refractivity contribution < 1.29 is 4.74 Å². The molecule has 2 aromatic rings. The van der Waals surface area contributed by atoms with E-state index in [0.29, 0.717) is 0 Å². The fourth-order valence-corrected chi connectivity index (χ4v) is 3.48. The van der Waals surface area contributed by atoms with E-state index in [0.717, 1.165) is 18.0 Å². The molecule has 108 valence electrons. The van der Waals surface area contributed by atoms with E-state index >= 15 is 0 Å². The highest BCUT2D eigenvalue weighted by atomic mass is 32.1. The third-order valence-corrected chi connectivity index (χ3v) is 4.45. The Labute approximate surface area is 125 Å². The van der Waals surface area contributed by atoms with Gasteiger partial charge in [0.25, 0.3) is 0 Å². The van der Waals surface area contributed by atoms with Crippen molar-refractivity contribution in [3.05, 3.63) is 44.9 Å². The van der Waals surface area contributed by atoms with Crippen LogP contribution < -0.4 is 10.1 Å². The van der Waals surface area contributed by atoms with Crippen molar-refractivity contribution in [1.82, 2.24) is 10.3 Å². The lowest BCUT2D eigenvalue weighted by atomic mass is 9.96. The predicted molar refractivity (Wildman–Crippen MR) is 84.8 cm³/mol. The number of rotatable bonds is 5.